The van der Waals surface area contributed by atoms with Crippen molar-refractivity contribution in [3.63, 3.8) is 0 Å². The Labute approximate surface area is 233 Å². The number of halogens is 1. The molecule has 1 saturated heterocycles. The maximum absolute atomic E-state index is 13.6. The molecule has 0 amide bonds. The van der Waals surface area contributed by atoms with E-state index in [0.717, 1.165) is 39.8 Å². The fourth-order valence-corrected chi connectivity index (χ4v) is 6.86. The first-order valence-electron chi connectivity index (χ1n) is 13.4. The first kappa shape index (κ1) is 26.2. The molecule has 3 aromatic carbocycles. The van der Waals surface area contributed by atoms with Crippen LogP contribution in [0.15, 0.2) is 90.2 Å². The standard InChI is InChI=1S/C30H31FN6O2S/c1-3-13-34-20-27(19-32-34)40(38,39)35-14-15-36(30(21-35)23-7-5-4-6-8-23)28-17-24-18-33-37(29(24)16-22(28)2)26-11-9-25(31)10-12-26/h4-12,16-20,30H,3,13-15,21H2,1-2H3. The summed E-state index contributed by atoms with van der Waals surface area (Å²) in [6, 6.07) is 20.3. The monoisotopic (exact) mass is 558 g/mol. The van der Waals surface area contributed by atoms with Gasteiger partial charge in [0.15, 0.2) is 0 Å². The van der Waals surface area contributed by atoms with Crippen molar-refractivity contribution in [3.8, 4) is 5.69 Å². The zero-order valence-electron chi connectivity index (χ0n) is 22.5. The Morgan fingerprint density at radius 2 is 1.75 bits per heavy atom. The van der Waals surface area contributed by atoms with E-state index in [-0.39, 0.29) is 16.8 Å². The topological polar surface area (TPSA) is 76.3 Å². The van der Waals surface area contributed by atoms with E-state index in [4.69, 9.17) is 0 Å². The predicted molar refractivity (Wildman–Crippen MR) is 154 cm³/mol. The lowest BCUT2D eigenvalue weighted by molar-refractivity contribution is 0.335. The van der Waals surface area contributed by atoms with Crippen LogP contribution in [0, 0.1) is 12.7 Å². The van der Waals surface area contributed by atoms with Crippen molar-refractivity contribution >= 4 is 26.6 Å². The summed E-state index contributed by atoms with van der Waals surface area (Å²) in [5.74, 6) is -0.290. The second kappa shape index (κ2) is 10.5. The Morgan fingerprint density at radius 1 is 0.975 bits per heavy atom. The molecule has 0 radical (unpaired) electrons. The third-order valence-corrected chi connectivity index (χ3v) is 9.31. The number of sulfonamides is 1. The molecule has 2 aromatic heterocycles. The van der Waals surface area contributed by atoms with Crippen LogP contribution in [0.4, 0.5) is 10.1 Å². The summed E-state index contributed by atoms with van der Waals surface area (Å²) < 4.78 is 45.9. The largest absolute Gasteiger partial charge is 0.362 e. The van der Waals surface area contributed by atoms with E-state index in [1.165, 1.54) is 18.3 Å². The first-order chi connectivity index (χ1) is 19.3. The minimum absolute atomic E-state index is 0.182. The average Bonchev–Trinajstić information content (AvgIpc) is 3.61. The molecule has 3 heterocycles. The number of piperazine rings is 1. The molecule has 40 heavy (non-hydrogen) atoms. The Kier molecular flexibility index (Phi) is 6.89. The second-order valence-corrected chi connectivity index (χ2v) is 12.1. The van der Waals surface area contributed by atoms with Crippen LogP contribution in [-0.4, -0.2) is 51.9 Å². The molecule has 1 aliphatic rings. The van der Waals surface area contributed by atoms with Gasteiger partial charge in [-0.15, -0.1) is 0 Å². The number of aryl methyl sites for hydroxylation is 2. The molecule has 8 nitrogen and oxygen atoms in total. The minimum Gasteiger partial charge on any atom is -0.362 e. The van der Waals surface area contributed by atoms with Crippen LogP contribution in [0.25, 0.3) is 16.6 Å². The van der Waals surface area contributed by atoms with Gasteiger partial charge in [-0.25, -0.2) is 17.5 Å². The van der Waals surface area contributed by atoms with E-state index in [0.29, 0.717) is 26.2 Å². The van der Waals surface area contributed by atoms with E-state index >= 15 is 0 Å². The van der Waals surface area contributed by atoms with Crippen LogP contribution >= 0.6 is 0 Å². The molecular weight excluding hydrogens is 527 g/mol. The first-order valence-corrected chi connectivity index (χ1v) is 14.9. The van der Waals surface area contributed by atoms with Gasteiger partial charge < -0.3 is 4.90 Å². The Hall–Kier alpha value is -4.02. The van der Waals surface area contributed by atoms with Crippen molar-refractivity contribution < 1.29 is 12.8 Å². The van der Waals surface area contributed by atoms with Crippen molar-refractivity contribution in [3.05, 3.63) is 102 Å². The Morgan fingerprint density at radius 3 is 2.50 bits per heavy atom. The molecule has 1 aliphatic heterocycles. The lowest BCUT2D eigenvalue weighted by Gasteiger charge is -2.43. The molecule has 0 bridgehead atoms. The van der Waals surface area contributed by atoms with Crippen LogP contribution in [0.5, 0.6) is 0 Å². The highest BCUT2D eigenvalue weighted by Gasteiger charge is 2.36. The highest BCUT2D eigenvalue weighted by molar-refractivity contribution is 7.89. The van der Waals surface area contributed by atoms with Crippen LogP contribution in [0.1, 0.15) is 30.5 Å². The van der Waals surface area contributed by atoms with Gasteiger partial charge in [0.25, 0.3) is 0 Å². The van der Waals surface area contributed by atoms with Crippen molar-refractivity contribution in [2.75, 3.05) is 24.5 Å². The zero-order chi connectivity index (χ0) is 27.9. The summed E-state index contributed by atoms with van der Waals surface area (Å²) in [6.45, 7) is 5.97. The lowest BCUT2D eigenvalue weighted by atomic mass is 10.0. The summed E-state index contributed by atoms with van der Waals surface area (Å²) in [7, 11) is -3.70. The van der Waals surface area contributed by atoms with E-state index in [2.05, 4.69) is 34.2 Å². The Bertz CT molecular complexity index is 1750. The minimum atomic E-state index is -3.70. The summed E-state index contributed by atoms with van der Waals surface area (Å²) in [4.78, 5) is 2.53. The number of nitrogens with zero attached hydrogens (tertiary/aromatic N) is 6. The molecular formula is C30H31FN6O2S. The maximum Gasteiger partial charge on any atom is 0.246 e. The number of benzene rings is 3. The van der Waals surface area contributed by atoms with Gasteiger partial charge in [-0.2, -0.15) is 14.5 Å². The van der Waals surface area contributed by atoms with E-state index in [1.54, 1.807) is 27.3 Å². The normalized spacial score (nSPS) is 16.6. The molecule has 0 N–H and O–H groups in total. The fourth-order valence-electron chi connectivity index (χ4n) is 5.47. The van der Waals surface area contributed by atoms with Gasteiger partial charge in [-0.05, 0) is 60.9 Å². The van der Waals surface area contributed by atoms with Crippen LogP contribution < -0.4 is 4.90 Å². The van der Waals surface area contributed by atoms with Crippen molar-refractivity contribution in [1.29, 1.82) is 0 Å². The third-order valence-electron chi connectivity index (χ3n) is 7.49. The molecule has 0 aliphatic carbocycles. The molecule has 1 fully saturated rings. The molecule has 5 aromatic rings. The molecule has 0 spiro atoms. The van der Waals surface area contributed by atoms with E-state index in [9.17, 15) is 12.8 Å². The zero-order valence-corrected chi connectivity index (χ0v) is 23.3. The SMILES string of the molecule is CCCn1cc(S(=O)(=O)N2CCN(c3cc4cnn(-c5ccc(F)cc5)c4cc3C)C(c3ccccc3)C2)cn1. The summed E-state index contributed by atoms with van der Waals surface area (Å²) in [5.41, 5.74) is 4.84. The van der Waals surface area contributed by atoms with Gasteiger partial charge in [0.2, 0.25) is 10.0 Å². The number of hydrogen-bond acceptors (Lipinski definition) is 5. The van der Waals surface area contributed by atoms with Gasteiger partial charge in [-0.3, -0.25) is 4.68 Å². The predicted octanol–water partition coefficient (Wildman–Crippen LogP) is 5.33. The van der Waals surface area contributed by atoms with Crippen LogP contribution in [0.3, 0.4) is 0 Å². The fraction of sp³-hybridized carbons (Fsp3) is 0.267. The van der Waals surface area contributed by atoms with Gasteiger partial charge in [0.05, 0.1) is 29.6 Å². The van der Waals surface area contributed by atoms with Gasteiger partial charge >= 0.3 is 0 Å². The smallest absolute Gasteiger partial charge is 0.246 e. The molecule has 0 saturated carbocycles. The van der Waals surface area contributed by atoms with Crippen molar-refractivity contribution in [2.45, 2.75) is 37.8 Å². The summed E-state index contributed by atoms with van der Waals surface area (Å²) in [5, 5.41) is 9.78. The van der Waals surface area contributed by atoms with Crippen LogP contribution in [0.2, 0.25) is 0 Å². The number of fused-ring (bicyclic) bond motifs is 1. The summed E-state index contributed by atoms with van der Waals surface area (Å²) in [6.07, 6.45) is 5.77. The number of aromatic nitrogens is 4. The quantitative estimate of drug-likeness (QED) is 0.270. The molecule has 206 valence electrons. The van der Waals surface area contributed by atoms with Crippen LogP contribution in [-0.2, 0) is 16.6 Å². The third kappa shape index (κ3) is 4.77. The highest BCUT2D eigenvalue weighted by atomic mass is 32.2. The molecule has 1 atom stereocenters. The van der Waals surface area contributed by atoms with Crippen molar-refractivity contribution in [1.82, 2.24) is 23.9 Å². The lowest BCUT2D eigenvalue weighted by Crippen LogP contribution is -2.50. The molecule has 10 heteroatoms. The average molecular weight is 559 g/mol. The summed E-state index contributed by atoms with van der Waals surface area (Å²) >= 11 is 0. The van der Waals surface area contributed by atoms with E-state index < -0.39 is 10.0 Å². The Balaban J connectivity index is 1.36. The number of anilines is 1. The second-order valence-electron chi connectivity index (χ2n) is 10.2. The highest BCUT2D eigenvalue weighted by Crippen LogP contribution is 2.37. The van der Waals surface area contributed by atoms with Crippen molar-refractivity contribution in [2.24, 2.45) is 0 Å². The molecule has 1 unspecified atom stereocenters. The van der Waals surface area contributed by atoms with E-state index in [1.807, 2.05) is 48.1 Å². The molecule has 6 rings (SSSR count). The maximum atomic E-state index is 13.6. The van der Waals surface area contributed by atoms with Gasteiger partial charge in [-0.1, -0.05) is 37.3 Å². The number of rotatable bonds is 7. The number of hydrogen-bond donors (Lipinski definition) is 0. The van der Waals surface area contributed by atoms with Gasteiger partial charge in [0, 0.05) is 43.4 Å². The van der Waals surface area contributed by atoms with Gasteiger partial charge in [0.1, 0.15) is 10.7 Å².